The lowest BCUT2D eigenvalue weighted by Crippen LogP contribution is -2.39. The maximum Gasteiger partial charge on any atom is 0.340 e. The summed E-state index contributed by atoms with van der Waals surface area (Å²) >= 11 is 0. The van der Waals surface area contributed by atoms with Crippen molar-refractivity contribution in [3.63, 3.8) is 0 Å². The Hall–Kier alpha value is -1.45. The number of carboxylic acids is 1. The highest BCUT2D eigenvalue weighted by Crippen LogP contribution is 2.29. The number of hydrogen-bond donors (Lipinski definition) is 3. The summed E-state index contributed by atoms with van der Waals surface area (Å²) in [6, 6.07) is 0. The summed E-state index contributed by atoms with van der Waals surface area (Å²) in [4.78, 5) is 10.9. The molecule has 112 valence electrons. The van der Waals surface area contributed by atoms with Crippen molar-refractivity contribution < 1.29 is 23.1 Å². The first-order valence-corrected chi connectivity index (χ1v) is 7.66. The quantitative estimate of drug-likeness (QED) is 0.714. The Kier molecular flexibility index (Phi) is 4.11. The van der Waals surface area contributed by atoms with Gasteiger partial charge in [-0.2, -0.15) is 5.10 Å². The Morgan fingerprint density at radius 2 is 2.20 bits per heavy atom. The van der Waals surface area contributed by atoms with Crippen LogP contribution in [0.25, 0.3) is 0 Å². The molecule has 2 rings (SSSR count). The van der Waals surface area contributed by atoms with E-state index in [0.29, 0.717) is 13.2 Å². The van der Waals surface area contributed by atoms with Gasteiger partial charge in [0, 0.05) is 19.8 Å². The average Bonchev–Trinajstić information content (AvgIpc) is 2.88. The molecular formula is C11H17N3O5S. The number of nitrogens with zero attached hydrogens (tertiary/aromatic N) is 1. The van der Waals surface area contributed by atoms with E-state index in [4.69, 9.17) is 9.84 Å². The lowest BCUT2D eigenvalue weighted by Gasteiger charge is -2.33. The molecule has 1 aromatic rings. The molecule has 0 aromatic carbocycles. The molecule has 0 amide bonds. The number of ether oxygens (including phenoxy) is 1. The average molecular weight is 303 g/mol. The van der Waals surface area contributed by atoms with Gasteiger partial charge in [-0.1, -0.05) is 6.92 Å². The second-order valence-electron chi connectivity index (χ2n) is 5.17. The van der Waals surface area contributed by atoms with Gasteiger partial charge in [0.25, 0.3) is 10.0 Å². The van der Waals surface area contributed by atoms with E-state index in [1.54, 1.807) is 0 Å². The van der Waals surface area contributed by atoms with Crippen LogP contribution in [0.3, 0.4) is 0 Å². The van der Waals surface area contributed by atoms with Crippen LogP contribution in [0.15, 0.2) is 11.2 Å². The summed E-state index contributed by atoms with van der Waals surface area (Å²) in [5.41, 5.74) is -0.552. The van der Waals surface area contributed by atoms with Crippen LogP contribution < -0.4 is 4.72 Å². The van der Waals surface area contributed by atoms with Gasteiger partial charge in [-0.3, -0.25) is 5.10 Å². The summed E-state index contributed by atoms with van der Waals surface area (Å²) in [5.74, 6) is -1.34. The number of nitrogens with one attached hydrogen (secondary N) is 2. The third-order valence-electron chi connectivity index (χ3n) is 3.49. The molecule has 0 unspecified atom stereocenters. The van der Waals surface area contributed by atoms with Gasteiger partial charge >= 0.3 is 5.97 Å². The molecule has 1 aromatic heterocycles. The van der Waals surface area contributed by atoms with Crippen LogP contribution in [-0.4, -0.2) is 49.4 Å². The van der Waals surface area contributed by atoms with Gasteiger partial charge in [0.2, 0.25) is 0 Å². The van der Waals surface area contributed by atoms with E-state index >= 15 is 0 Å². The molecular weight excluding hydrogens is 286 g/mol. The number of aromatic amines is 1. The van der Waals surface area contributed by atoms with Gasteiger partial charge in [0.05, 0.1) is 6.20 Å². The summed E-state index contributed by atoms with van der Waals surface area (Å²) in [7, 11) is -3.92. The van der Waals surface area contributed by atoms with Crippen molar-refractivity contribution in [3.8, 4) is 0 Å². The Balaban J connectivity index is 2.11. The van der Waals surface area contributed by atoms with Crippen molar-refractivity contribution in [2.75, 3.05) is 19.8 Å². The zero-order chi connectivity index (χ0) is 14.8. The molecule has 0 spiro atoms. The molecule has 8 nitrogen and oxygen atoms in total. The van der Waals surface area contributed by atoms with E-state index in [1.807, 2.05) is 6.92 Å². The first kappa shape index (κ1) is 14.9. The van der Waals surface area contributed by atoms with E-state index < -0.39 is 21.0 Å². The van der Waals surface area contributed by atoms with Crippen LogP contribution in [0.5, 0.6) is 0 Å². The molecule has 1 aliphatic rings. The zero-order valence-corrected chi connectivity index (χ0v) is 11.9. The normalized spacial score (nSPS) is 18.9. The van der Waals surface area contributed by atoms with Crippen LogP contribution in [-0.2, 0) is 14.8 Å². The van der Waals surface area contributed by atoms with Crippen LogP contribution in [0.1, 0.15) is 30.1 Å². The Morgan fingerprint density at radius 1 is 1.55 bits per heavy atom. The summed E-state index contributed by atoms with van der Waals surface area (Å²) in [5, 5.41) is 14.2. The summed E-state index contributed by atoms with van der Waals surface area (Å²) in [6.07, 6.45) is 2.49. The molecule has 0 aliphatic carbocycles. The topological polar surface area (TPSA) is 121 Å². The minimum atomic E-state index is -3.92. The van der Waals surface area contributed by atoms with Crippen molar-refractivity contribution in [2.45, 2.75) is 24.8 Å². The number of H-pyrrole nitrogens is 1. The highest BCUT2D eigenvalue weighted by Gasteiger charge is 2.31. The largest absolute Gasteiger partial charge is 0.478 e. The minimum absolute atomic E-state index is 0.186. The second-order valence-corrected chi connectivity index (χ2v) is 6.87. The number of aromatic carboxylic acids is 1. The molecule has 2 heterocycles. The number of carboxylic acid groups (broad SMARTS) is 1. The molecule has 1 fully saturated rings. The SMILES string of the molecule is CC1(CNS(=O)(=O)c2[nH]ncc2C(=O)O)CCOCC1. The van der Waals surface area contributed by atoms with Gasteiger partial charge < -0.3 is 9.84 Å². The highest BCUT2D eigenvalue weighted by molar-refractivity contribution is 7.89. The standard InChI is InChI=1S/C11H17N3O5S/c1-11(2-4-19-5-3-11)7-13-20(17,18)9-8(10(15)16)6-12-14-9/h6,13H,2-5,7H2,1H3,(H,12,14)(H,15,16). The molecule has 0 atom stereocenters. The molecule has 1 aliphatic heterocycles. The fourth-order valence-electron chi connectivity index (χ4n) is 2.01. The summed E-state index contributed by atoms with van der Waals surface area (Å²) in [6.45, 7) is 3.41. The molecule has 20 heavy (non-hydrogen) atoms. The Bertz CT molecular complexity index is 589. The van der Waals surface area contributed by atoms with Crippen LogP contribution in [0.4, 0.5) is 0 Å². The van der Waals surface area contributed by atoms with Gasteiger partial charge in [0.15, 0.2) is 5.03 Å². The van der Waals surface area contributed by atoms with Crippen molar-refractivity contribution in [1.82, 2.24) is 14.9 Å². The predicted molar refractivity (Wildman–Crippen MR) is 68.9 cm³/mol. The fourth-order valence-corrected chi connectivity index (χ4v) is 3.30. The molecule has 9 heteroatoms. The number of aromatic nitrogens is 2. The molecule has 0 saturated carbocycles. The van der Waals surface area contributed by atoms with Gasteiger partial charge in [-0.15, -0.1) is 0 Å². The van der Waals surface area contributed by atoms with Crippen LogP contribution in [0, 0.1) is 5.41 Å². The second kappa shape index (κ2) is 5.51. The van der Waals surface area contributed by atoms with Gasteiger partial charge in [-0.05, 0) is 18.3 Å². The molecule has 1 saturated heterocycles. The smallest absolute Gasteiger partial charge is 0.340 e. The van der Waals surface area contributed by atoms with E-state index in [2.05, 4.69) is 14.9 Å². The van der Waals surface area contributed by atoms with E-state index in [1.165, 1.54) is 0 Å². The van der Waals surface area contributed by atoms with Gasteiger partial charge in [0.1, 0.15) is 5.56 Å². The fraction of sp³-hybridized carbons (Fsp3) is 0.636. The van der Waals surface area contributed by atoms with Crippen molar-refractivity contribution in [3.05, 3.63) is 11.8 Å². The monoisotopic (exact) mass is 303 g/mol. The molecule has 3 N–H and O–H groups in total. The van der Waals surface area contributed by atoms with Crippen LogP contribution in [0.2, 0.25) is 0 Å². The number of sulfonamides is 1. The predicted octanol–water partition coefficient (Wildman–Crippen LogP) is 0.203. The maximum atomic E-state index is 12.1. The lowest BCUT2D eigenvalue weighted by molar-refractivity contribution is 0.0264. The molecule has 0 bridgehead atoms. The first-order valence-electron chi connectivity index (χ1n) is 6.18. The number of carbonyl (C=O) groups is 1. The van der Waals surface area contributed by atoms with E-state index in [0.717, 1.165) is 19.0 Å². The molecule has 0 radical (unpaired) electrons. The van der Waals surface area contributed by atoms with Crippen molar-refractivity contribution in [2.24, 2.45) is 5.41 Å². The number of rotatable bonds is 5. The van der Waals surface area contributed by atoms with Gasteiger partial charge in [-0.25, -0.2) is 17.9 Å². The summed E-state index contributed by atoms with van der Waals surface area (Å²) < 4.78 is 32.0. The van der Waals surface area contributed by atoms with E-state index in [9.17, 15) is 13.2 Å². The zero-order valence-electron chi connectivity index (χ0n) is 11.0. The van der Waals surface area contributed by atoms with E-state index in [-0.39, 0.29) is 17.5 Å². The Morgan fingerprint density at radius 3 is 2.80 bits per heavy atom. The third kappa shape index (κ3) is 3.17. The lowest BCUT2D eigenvalue weighted by atomic mass is 9.83. The maximum absolute atomic E-state index is 12.1. The third-order valence-corrected chi connectivity index (χ3v) is 4.87. The van der Waals surface area contributed by atoms with Crippen molar-refractivity contribution >= 4 is 16.0 Å². The first-order chi connectivity index (χ1) is 9.34. The minimum Gasteiger partial charge on any atom is -0.478 e. The number of hydrogen-bond acceptors (Lipinski definition) is 5. The van der Waals surface area contributed by atoms with Crippen LogP contribution >= 0.6 is 0 Å². The highest BCUT2D eigenvalue weighted by atomic mass is 32.2. The Labute approximate surface area is 116 Å². The van der Waals surface area contributed by atoms with Crippen molar-refractivity contribution in [1.29, 1.82) is 0 Å².